The molecule has 1 amide bonds. The molecule has 0 aliphatic carbocycles. The Kier molecular flexibility index (Phi) is 5.58. The molecule has 0 unspecified atom stereocenters. The van der Waals surface area contributed by atoms with E-state index in [2.05, 4.69) is 10.3 Å². The molecule has 128 valence electrons. The molecule has 1 aromatic carbocycles. The van der Waals surface area contributed by atoms with Gasteiger partial charge in [0.2, 0.25) is 0 Å². The number of rotatable bonds is 5. The smallest absolute Gasteiger partial charge is 0.273 e. The Hall–Kier alpha value is -1.79. The molecule has 0 atom stereocenters. The monoisotopic (exact) mass is 347 g/mol. The Morgan fingerprint density at radius 2 is 2.04 bits per heavy atom. The van der Waals surface area contributed by atoms with Crippen molar-refractivity contribution >= 4 is 17.2 Å². The van der Waals surface area contributed by atoms with Crippen LogP contribution >= 0.6 is 11.3 Å². The topological polar surface area (TPSA) is 45.2 Å². The van der Waals surface area contributed by atoms with Crippen molar-refractivity contribution in [2.75, 3.05) is 26.7 Å². The van der Waals surface area contributed by atoms with Crippen molar-refractivity contribution < 1.29 is 9.18 Å². The highest BCUT2D eigenvalue weighted by Gasteiger charge is 2.24. The molecule has 1 fully saturated rings. The average molecular weight is 347 g/mol. The number of amides is 1. The van der Waals surface area contributed by atoms with Crippen LogP contribution in [0.4, 0.5) is 4.39 Å². The normalized spacial score (nSPS) is 15.7. The summed E-state index contributed by atoms with van der Waals surface area (Å²) in [5, 5.41) is 5.92. The third-order valence-electron chi connectivity index (χ3n) is 4.43. The van der Waals surface area contributed by atoms with Crippen molar-refractivity contribution in [3.63, 3.8) is 0 Å². The van der Waals surface area contributed by atoms with Gasteiger partial charge < -0.3 is 10.2 Å². The van der Waals surface area contributed by atoms with E-state index in [1.807, 2.05) is 17.3 Å². The number of thiazole rings is 1. The predicted octanol–water partition coefficient (Wildman–Crippen LogP) is 2.94. The molecule has 24 heavy (non-hydrogen) atoms. The highest BCUT2D eigenvalue weighted by molar-refractivity contribution is 7.09. The second-order valence-electron chi connectivity index (χ2n) is 6.22. The Labute approximate surface area is 145 Å². The maximum absolute atomic E-state index is 13.0. The molecule has 0 bridgehead atoms. The molecule has 1 aliphatic rings. The van der Waals surface area contributed by atoms with Crippen LogP contribution in [-0.4, -0.2) is 42.5 Å². The van der Waals surface area contributed by atoms with Crippen LogP contribution < -0.4 is 5.32 Å². The number of hydrogen-bond donors (Lipinski definition) is 1. The molecule has 0 radical (unpaired) electrons. The number of likely N-dealkylation sites (tertiary alicyclic amines) is 1. The predicted molar refractivity (Wildman–Crippen MR) is 93.9 cm³/mol. The van der Waals surface area contributed by atoms with Crippen LogP contribution in [0, 0.1) is 11.7 Å². The fourth-order valence-corrected chi connectivity index (χ4v) is 3.86. The van der Waals surface area contributed by atoms with Crippen LogP contribution in [0.2, 0.25) is 0 Å². The third kappa shape index (κ3) is 4.19. The van der Waals surface area contributed by atoms with Gasteiger partial charge in [-0.3, -0.25) is 4.79 Å². The van der Waals surface area contributed by atoms with Gasteiger partial charge in [-0.1, -0.05) is 12.1 Å². The van der Waals surface area contributed by atoms with Crippen molar-refractivity contribution in [2.24, 2.45) is 5.92 Å². The average Bonchev–Trinajstić information content (AvgIpc) is 3.06. The minimum absolute atomic E-state index is 0.0273. The Balaban J connectivity index is 1.59. The number of halogens is 1. The summed E-state index contributed by atoms with van der Waals surface area (Å²) in [5.74, 6) is 0.443. The lowest BCUT2D eigenvalue weighted by atomic mass is 9.97. The highest BCUT2D eigenvalue weighted by atomic mass is 32.1. The van der Waals surface area contributed by atoms with Gasteiger partial charge in [0, 0.05) is 24.9 Å². The lowest BCUT2D eigenvalue weighted by molar-refractivity contribution is 0.0685. The number of nitrogens with zero attached hydrogens (tertiary/aromatic N) is 2. The number of benzene rings is 1. The molecule has 0 spiro atoms. The Bertz CT molecular complexity index is 678. The van der Waals surface area contributed by atoms with Gasteiger partial charge in [-0.25, -0.2) is 9.37 Å². The van der Waals surface area contributed by atoms with Crippen LogP contribution in [0.1, 0.15) is 33.9 Å². The van der Waals surface area contributed by atoms with Crippen molar-refractivity contribution in [3.8, 4) is 0 Å². The number of hydrogen-bond acceptors (Lipinski definition) is 4. The number of carbonyl (C=O) groups excluding carboxylic acids is 1. The maximum atomic E-state index is 13.0. The first-order valence-corrected chi connectivity index (χ1v) is 9.16. The molecule has 6 heteroatoms. The summed E-state index contributed by atoms with van der Waals surface area (Å²) in [7, 11) is 1.97. The lowest BCUT2D eigenvalue weighted by Crippen LogP contribution is -2.40. The van der Waals surface area contributed by atoms with Gasteiger partial charge in [0.15, 0.2) is 0 Å². The number of aromatic nitrogens is 1. The fraction of sp³-hybridized carbons (Fsp3) is 0.444. The lowest BCUT2D eigenvalue weighted by Gasteiger charge is -2.31. The molecule has 1 aliphatic heterocycles. The summed E-state index contributed by atoms with van der Waals surface area (Å²) in [6.45, 7) is 2.62. The van der Waals surface area contributed by atoms with Gasteiger partial charge in [-0.2, -0.15) is 0 Å². The third-order valence-corrected chi connectivity index (χ3v) is 5.28. The zero-order valence-corrected chi connectivity index (χ0v) is 14.6. The zero-order valence-electron chi connectivity index (χ0n) is 13.8. The van der Waals surface area contributed by atoms with Crippen molar-refractivity contribution in [2.45, 2.75) is 19.3 Å². The number of carbonyl (C=O) groups is 1. The summed E-state index contributed by atoms with van der Waals surface area (Å²) in [6, 6.07) is 6.41. The van der Waals surface area contributed by atoms with Gasteiger partial charge in [0.25, 0.3) is 5.91 Å². The van der Waals surface area contributed by atoms with Crippen LogP contribution in [-0.2, 0) is 6.42 Å². The Morgan fingerprint density at radius 1 is 1.33 bits per heavy atom. The van der Waals surface area contributed by atoms with Gasteiger partial charge >= 0.3 is 0 Å². The summed E-state index contributed by atoms with van der Waals surface area (Å²) in [4.78, 5) is 19.0. The van der Waals surface area contributed by atoms with Crippen LogP contribution in [0.5, 0.6) is 0 Å². The molecule has 1 aromatic heterocycles. The van der Waals surface area contributed by atoms with Crippen molar-refractivity contribution in [3.05, 3.63) is 51.7 Å². The van der Waals surface area contributed by atoms with E-state index < -0.39 is 0 Å². The van der Waals surface area contributed by atoms with Crippen molar-refractivity contribution in [1.82, 2.24) is 15.2 Å². The van der Waals surface area contributed by atoms with E-state index in [1.165, 1.54) is 23.5 Å². The quantitative estimate of drug-likeness (QED) is 0.904. The van der Waals surface area contributed by atoms with Crippen LogP contribution in [0.3, 0.4) is 0 Å². The maximum Gasteiger partial charge on any atom is 0.273 e. The number of piperidine rings is 1. The first-order chi connectivity index (χ1) is 11.7. The first kappa shape index (κ1) is 17.0. The molecule has 4 nitrogen and oxygen atoms in total. The van der Waals surface area contributed by atoms with Gasteiger partial charge in [0.1, 0.15) is 11.5 Å². The fourth-order valence-electron chi connectivity index (χ4n) is 3.06. The standard InChI is InChI=1S/C18H22FN3OS/c1-20-11-14-6-8-22(9-7-14)18(23)16-12-24-17(21-16)10-13-2-4-15(19)5-3-13/h2-5,12,14,20H,6-11H2,1H3. The molecular formula is C18H22FN3OS. The molecule has 1 saturated heterocycles. The molecule has 3 rings (SSSR count). The minimum atomic E-state index is -0.240. The summed E-state index contributed by atoms with van der Waals surface area (Å²) in [5.41, 5.74) is 1.53. The second-order valence-corrected chi connectivity index (χ2v) is 7.17. The zero-order chi connectivity index (χ0) is 16.9. The van der Waals surface area contributed by atoms with Gasteiger partial charge in [0.05, 0.1) is 5.01 Å². The first-order valence-electron chi connectivity index (χ1n) is 8.28. The van der Waals surface area contributed by atoms with Crippen LogP contribution in [0.25, 0.3) is 0 Å². The number of nitrogens with one attached hydrogen (secondary N) is 1. The largest absolute Gasteiger partial charge is 0.337 e. The van der Waals surface area contributed by atoms with Crippen molar-refractivity contribution in [1.29, 1.82) is 0 Å². The van der Waals surface area contributed by atoms with E-state index in [0.29, 0.717) is 18.0 Å². The molecule has 2 aromatic rings. The van der Waals surface area contributed by atoms with E-state index in [9.17, 15) is 9.18 Å². The molecule has 1 N–H and O–H groups in total. The van der Waals surface area contributed by atoms with E-state index >= 15 is 0 Å². The van der Waals surface area contributed by atoms with E-state index in [0.717, 1.165) is 43.0 Å². The van der Waals surface area contributed by atoms with E-state index in [-0.39, 0.29) is 11.7 Å². The van der Waals surface area contributed by atoms with Crippen LogP contribution in [0.15, 0.2) is 29.6 Å². The molecule has 2 heterocycles. The summed E-state index contributed by atoms with van der Waals surface area (Å²) in [6.07, 6.45) is 2.71. The summed E-state index contributed by atoms with van der Waals surface area (Å²) >= 11 is 1.49. The molecule has 0 saturated carbocycles. The Morgan fingerprint density at radius 3 is 2.71 bits per heavy atom. The van der Waals surface area contributed by atoms with E-state index in [4.69, 9.17) is 0 Å². The molecular weight excluding hydrogens is 325 g/mol. The summed E-state index contributed by atoms with van der Waals surface area (Å²) < 4.78 is 13.0. The highest BCUT2D eigenvalue weighted by Crippen LogP contribution is 2.20. The SMILES string of the molecule is CNCC1CCN(C(=O)c2csc(Cc3ccc(F)cc3)n2)CC1. The van der Waals surface area contributed by atoms with Gasteiger partial charge in [-0.15, -0.1) is 11.3 Å². The van der Waals surface area contributed by atoms with Gasteiger partial charge in [-0.05, 0) is 50.0 Å². The minimum Gasteiger partial charge on any atom is -0.337 e. The van der Waals surface area contributed by atoms with E-state index in [1.54, 1.807) is 12.1 Å². The second kappa shape index (κ2) is 7.85.